The fourth-order valence-corrected chi connectivity index (χ4v) is 5.33. The number of thioether (sulfide) groups is 1. The summed E-state index contributed by atoms with van der Waals surface area (Å²) in [5.74, 6) is -1.45. The monoisotopic (exact) mass is 516 g/mol. The molecule has 1 fully saturated rings. The Hall–Kier alpha value is -2.90. The second-order valence-electron chi connectivity index (χ2n) is 6.83. The van der Waals surface area contributed by atoms with Gasteiger partial charge in [0.25, 0.3) is 5.78 Å². The van der Waals surface area contributed by atoms with Crippen molar-refractivity contribution in [2.75, 3.05) is 10.7 Å². The van der Waals surface area contributed by atoms with Crippen molar-refractivity contribution in [3.63, 3.8) is 0 Å². The van der Waals surface area contributed by atoms with Gasteiger partial charge < -0.3 is 5.11 Å². The number of rotatable bonds is 6. The number of ketones is 1. The van der Waals surface area contributed by atoms with Gasteiger partial charge in [0.1, 0.15) is 5.76 Å². The van der Waals surface area contributed by atoms with Crippen molar-refractivity contribution in [1.82, 2.24) is 10.2 Å². The van der Waals surface area contributed by atoms with Gasteiger partial charge in [-0.25, -0.2) is 0 Å². The van der Waals surface area contributed by atoms with Crippen molar-refractivity contribution >= 4 is 68.9 Å². The van der Waals surface area contributed by atoms with Crippen LogP contribution in [-0.2, 0) is 9.59 Å². The van der Waals surface area contributed by atoms with Crippen LogP contribution in [0.25, 0.3) is 5.76 Å². The van der Waals surface area contributed by atoms with Crippen molar-refractivity contribution in [1.29, 1.82) is 5.26 Å². The summed E-state index contributed by atoms with van der Waals surface area (Å²) in [5.41, 5.74) is 0.850. The van der Waals surface area contributed by atoms with E-state index < -0.39 is 17.7 Å². The van der Waals surface area contributed by atoms with Crippen LogP contribution in [0, 0.1) is 11.3 Å². The molecule has 1 amide bonds. The van der Waals surface area contributed by atoms with Crippen molar-refractivity contribution in [3.8, 4) is 6.07 Å². The number of aromatic nitrogens is 2. The summed E-state index contributed by atoms with van der Waals surface area (Å²) >= 11 is 14.5. The van der Waals surface area contributed by atoms with Gasteiger partial charge in [-0.05, 0) is 42.0 Å². The zero-order valence-electron chi connectivity index (χ0n) is 16.7. The predicted molar refractivity (Wildman–Crippen MR) is 129 cm³/mol. The largest absolute Gasteiger partial charge is 0.507 e. The Kier molecular flexibility index (Phi) is 7.00. The highest BCUT2D eigenvalue weighted by molar-refractivity contribution is 8.01. The molecule has 11 heteroatoms. The van der Waals surface area contributed by atoms with Crippen LogP contribution in [0.5, 0.6) is 0 Å². The molecule has 1 unspecified atom stereocenters. The lowest BCUT2D eigenvalue weighted by Crippen LogP contribution is -2.29. The van der Waals surface area contributed by atoms with Gasteiger partial charge in [-0.15, -0.1) is 10.2 Å². The van der Waals surface area contributed by atoms with Crippen LogP contribution in [-0.4, -0.2) is 32.7 Å². The van der Waals surface area contributed by atoms with E-state index in [2.05, 4.69) is 16.3 Å². The SMILES string of the molecule is N#CCCSc1nnc(N2C(=O)C(=O)/C(=C(/O)c3ccc(Cl)cc3)C2c2ccc(Cl)cc2)s1. The van der Waals surface area contributed by atoms with E-state index in [9.17, 15) is 14.7 Å². The average molecular weight is 517 g/mol. The number of anilines is 1. The molecule has 2 heterocycles. The first-order valence-electron chi connectivity index (χ1n) is 9.56. The summed E-state index contributed by atoms with van der Waals surface area (Å²) in [7, 11) is 0. The van der Waals surface area contributed by atoms with Crippen LogP contribution in [0.4, 0.5) is 5.13 Å². The Morgan fingerprint density at radius 1 is 1.09 bits per heavy atom. The smallest absolute Gasteiger partial charge is 0.301 e. The van der Waals surface area contributed by atoms with E-state index in [-0.39, 0.29) is 16.5 Å². The third-order valence-corrected chi connectivity index (χ3v) is 7.35. The minimum atomic E-state index is -0.928. The number of carbonyl (C=O) groups excluding carboxylic acids is 2. The topological polar surface area (TPSA) is 107 Å². The van der Waals surface area contributed by atoms with Crippen molar-refractivity contribution in [2.24, 2.45) is 0 Å². The van der Waals surface area contributed by atoms with Gasteiger partial charge in [0.05, 0.1) is 17.7 Å². The molecule has 7 nitrogen and oxygen atoms in total. The Bertz CT molecular complexity index is 1280. The Balaban J connectivity index is 1.82. The fraction of sp³-hybridized carbons (Fsp3) is 0.136. The van der Waals surface area contributed by atoms with Crippen LogP contribution in [0.2, 0.25) is 10.0 Å². The molecule has 1 atom stereocenters. The number of nitriles is 1. The Labute approximate surface area is 207 Å². The number of Topliss-reactive ketones (excluding diaryl/α,β-unsaturated/α-hetero) is 1. The van der Waals surface area contributed by atoms with E-state index in [1.807, 2.05) is 0 Å². The van der Waals surface area contributed by atoms with E-state index in [0.29, 0.717) is 37.7 Å². The van der Waals surface area contributed by atoms with Crippen LogP contribution in [0.15, 0.2) is 58.4 Å². The van der Waals surface area contributed by atoms with Gasteiger partial charge in [-0.2, -0.15) is 5.26 Å². The van der Waals surface area contributed by atoms with E-state index in [1.54, 1.807) is 48.5 Å². The van der Waals surface area contributed by atoms with E-state index >= 15 is 0 Å². The number of carbonyl (C=O) groups is 2. The number of hydrogen-bond acceptors (Lipinski definition) is 8. The molecule has 0 radical (unpaired) electrons. The predicted octanol–water partition coefficient (Wildman–Crippen LogP) is 5.48. The highest BCUT2D eigenvalue weighted by Crippen LogP contribution is 2.44. The maximum absolute atomic E-state index is 13.1. The highest BCUT2D eigenvalue weighted by Gasteiger charge is 2.48. The first-order chi connectivity index (χ1) is 15.9. The molecule has 4 rings (SSSR count). The fourth-order valence-electron chi connectivity index (χ4n) is 3.30. The first-order valence-corrected chi connectivity index (χ1v) is 12.1. The summed E-state index contributed by atoms with van der Waals surface area (Å²) in [5, 5.41) is 29.1. The van der Waals surface area contributed by atoms with Crippen LogP contribution >= 0.6 is 46.3 Å². The maximum atomic E-state index is 13.1. The number of halogens is 2. The zero-order valence-corrected chi connectivity index (χ0v) is 19.9. The third kappa shape index (κ3) is 4.75. The highest BCUT2D eigenvalue weighted by atomic mass is 35.5. The number of nitrogens with zero attached hydrogens (tertiary/aromatic N) is 4. The normalized spacial score (nSPS) is 17.4. The molecule has 1 aliphatic heterocycles. The molecule has 166 valence electrons. The van der Waals surface area contributed by atoms with Crippen LogP contribution < -0.4 is 4.90 Å². The standard InChI is InChI=1S/C22H14Cl2N4O3S2/c23-14-6-2-12(3-7-14)17-16(18(29)13-4-8-15(24)9-5-13)19(30)20(31)28(17)21-26-27-22(33-21)32-11-1-10-25/h2-9,17,29H,1,11H2/b18-16+. The summed E-state index contributed by atoms with van der Waals surface area (Å²) in [6.07, 6.45) is 0.343. The second-order valence-corrected chi connectivity index (χ2v) is 10.0. The molecule has 1 saturated heterocycles. The quantitative estimate of drug-likeness (QED) is 0.115. The minimum absolute atomic E-state index is 0.0708. The van der Waals surface area contributed by atoms with Gasteiger partial charge in [-0.1, -0.05) is 58.4 Å². The van der Waals surface area contributed by atoms with Crippen molar-refractivity contribution in [2.45, 2.75) is 16.8 Å². The molecule has 1 N–H and O–H groups in total. The molecule has 0 saturated carbocycles. The van der Waals surface area contributed by atoms with Crippen LogP contribution in [0.3, 0.4) is 0 Å². The van der Waals surface area contributed by atoms with Crippen molar-refractivity contribution in [3.05, 3.63) is 75.3 Å². The molecule has 0 aliphatic carbocycles. The first kappa shape index (κ1) is 23.3. The zero-order chi connectivity index (χ0) is 23.5. The van der Waals surface area contributed by atoms with E-state index in [1.165, 1.54) is 16.7 Å². The molecule has 0 bridgehead atoms. The van der Waals surface area contributed by atoms with Crippen molar-refractivity contribution < 1.29 is 14.7 Å². The summed E-state index contributed by atoms with van der Waals surface area (Å²) in [6, 6.07) is 14.1. The maximum Gasteiger partial charge on any atom is 0.301 e. The molecular weight excluding hydrogens is 503 g/mol. The lowest BCUT2D eigenvalue weighted by atomic mass is 9.95. The number of aliphatic hydroxyl groups is 1. The molecule has 33 heavy (non-hydrogen) atoms. The summed E-state index contributed by atoms with van der Waals surface area (Å²) in [4.78, 5) is 27.4. The second kappa shape index (κ2) is 9.93. The number of amides is 1. The summed E-state index contributed by atoms with van der Waals surface area (Å²) < 4.78 is 0.565. The van der Waals surface area contributed by atoms with E-state index in [4.69, 9.17) is 28.5 Å². The molecule has 1 aromatic heterocycles. The molecule has 2 aromatic carbocycles. The average Bonchev–Trinajstić information content (AvgIpc) is 3.37. The van der Waals surface area contributed by atoms with Gasteiger partial charge in [0.2, 0.25) is 5.13 Å². The molecular formula is C22H14Cl2N4O3S2. The van der Waals surface area contributed by atoms with Gasteiger partial charge >= 0.3 is 5.91 Å². The molecule has 3 aromatic rings. The molecule has 0 spiro atoms. The number of benzene rings is 2. The van der Waals surface area contributed by atoms with Gasteiger partial charge in [-0.3, -0.25) is 14.5 Å². The lowest BCUT2D eigenvalue weighted by Gasteiger charge is -2.22. The van der Waals surface area contributed by atoms with E-state index in [0.717, 1.165) is 11.3 Å². The summed E-state index contributed by atoms with van der Waals surface area (Å²) in [6.45, 7) is 0. The Morgan fingerprint density at radius 2 is 1.73 bits per heavy atom. The number of hydrogen-bond donors (Lipinski definition) is 1. The third-order valence-electron chi connectivity index (χ3n) is 4.79. The number of aliphatic hydroxyl groups excluding tert-OH is 1. The minimum Gasteiger partial charge on any atom is -0.507 e. The Morgan fingerprint density at radius 3 is 2.36 bits per heavy atom. The van der Waals surface area contributed by atoms with Gasteiger partial charge in [0.15, 0.2) is 4.34 Å². The van der Waals surface area contributed by atoms with Gasteiger partial charge in [0, 0.05) is 27.8 Å². The lowest BCUT2D eigenvalue weighted by molar-refractivity contribution is -0.132. The van der Waals surface area contributed by atoms with Crippen LogP contribution in [0.1, 0.15) is 23.6 Å². The molecule has 1 aliphatic rings.